The van der Waals surface area contributed by atoms with Gasteiger partial charge in [0, 0.05) is 24.3 Å². The van der Waals surface area contributed by atoms with E-state index in [1.165, 1.54) is 72.8 Å². The molecule has 1 aromatic heterocycles. The summed E-state index contributed by atoms with van der Waals surface area (Å²) in [6.45, 7) is 5.49. The fourth-order valence-corrected chi connectivity index (χ4v) is 7.14. The zero-order valence-electron chi connectivity index (χ0n) is 21.0. The topological polar surface area (TPSA) is 42.0 Å². The molecule has 3 aliphatic heterocycles. The number of nitrogens with zero attached hydrogens (tertiary/aromatic N) is 2. The van der Waals surface area contributed by atoms with Crippen molar-refractivity contribution in [1.29, 1.82) is 0 Å². The molecule has 0 aliphatic carbocycles. The normalized spacial score (nSPS) is 20.1. The maximum absolute atomic E-state index is 13.1. The number of piperidine rings is 1. The molecule has 0 N–H and O–H groups in total. The highest BCUT2D eigenvalue weighted by atomic mass is 32.1. The predicted octanol–water partition coefficient (Wildman–Crippen LogP) is 5.68. The van der Waals surface area contributed by atoms with Crippen LogP contribution in [0.25, 0.3) is 10.1 Å². The zero-order chi connectivity index (χ0) is 24.3. The van der Waals surface area contributed by atoms with E-state index in [4.69, 9.17) is 9.47 Å². The molecule has 6 rings (SSSR count). The minimum Gasteiger partial charge on any atom is -0.454 e. The van der Waals surface area contributed by atoms with Crippen LogP contribution in [0.2, 0.25) is 0 Å². The van der Waals surface area contributed by atoms with Gasteiger partial charge >= 0.3 is 0 Å². The number of ether oxygens (including phenoxy) is 2. The summed E-state index contributed by atoms with van der Waals surface area (Å²) in [5.41, 5.74) is 3.85. The number of aryl methyl sites for hydroxylation is 1. The molecular weight excluding hydrogens is 468 g/mol. The lowest BCUT2D eigenvalue weighted by molar-refractivity contribution is -0.131. The van der Waals surface area contributed by atoms with Crippen molar-refractivity contribution < 1.29 is 14.3 Å². The van der Waals surface area contributed by atoms with E-state index in [1.807, 2.05) is 17.4 Å². The molecule has 4 heterocycles. The Hall–Kier alpha value is -2.57. The van der Waals surface area contributed by atoms with Gasteiger partial charge in [-0.25, -0.2) is 0 Å². The Bertz CT molecular complexity index is 1220. The fraction of sp³-hybridized carbons (Fsp3) is 0.500. The number of unbranched alkanes of at least 4 members (excludes halogenated alkanes) is 2. The summed E-state index contributed by atoms with van der Waals surface area (Å²) in [6.07, 6.45) is 8.85. The van der Waals surface area contributed by atoms with E-state index in [1.54, 1.807) is 0 Å². The van der Waals surface area contributed by atoms with Gasteiger partial charge in [-0.3, -0.25) is 4.79 Å². The van der Waals surface area contributed by atoms with Crippen LogP contribution in [0.4, 0.5) is 0 Å². The Morgan fingerprint density at radius 2 is 1.86 bits per heavy atom. The van der Waals surface area contributed by atoms with Gasteiger partial charge in [0.2, 0.25) is 12.7 Å². The first-order valence-electron chi connectivity index (χ1n) is 13.6. The molecule has 0 bridgehead atoms. The number of fused-ring (bicyclic) bond motifs is 3. The molecule has 2 aromatic carbocycles. The molecule has 0 radical (unpaired) electrons. The van der Waals surface area contributed by atoms with Gasteiger partial charge in [-0.15, -0.1) is 11.3 Å². The van der Waals surface area contributed by atoms with Crippen molar-refractivity contribution in [1.82, 2.24) is 9.80 Å². The minimum absolute atomic E-state index is 0.255. The number of carbonyl (C=O) groups is 1. The summed E-state index contributed by atoms with van der Waals surface area (Å²) in [4.78, 5) is 17.9. The van der Waals surface area contributed by atoms with Crippen LogP contribution in [-0.2, 0) is 24.1 Å². The second-order valence-corrected chi connectivity index (χ2v) is 11.5. The van der Waals surface area contributed by atoms with Crippen LogP contribution in [0.1, 0.15) is 48.8 Å². The highest BCUT2D eigenvalue weighted by Crippen LogP contribution is 2.36. The molecule has 5 nitrogen and oxygen atoms in total. The van der Waals surface area contributed by atoms with Crippen molar-refractivity contribution >= 4 is 27.3 Å². The first-order valence-corrected chi connectivity index (χ1v) is 14.5. The summed E-state index contributed by atoms with van der Waals surface area (Å²) in [7, 11) is 0. The second-order valence-electron chi connectivity index (χ2n) is 10.6. The second kappa shape index (κ2) is 10.8. The molecule has 36 heavy (non-hydrogen) atoms. The molecule has 190 valence electrons. The number of thiophene rings is 1. The van der Waals surface area contributed by atoms with Gasteiger partial charge in [-0.2, -0.15) is 0 Å². The molecule has 1 atom stereocenters. The summed E-state index contributed by atoms with van der Waals surface area (Å²) >= 11 is 1.87. The number of carbonyl (C=O) groups excluding carboxylic acids is 1. The van der Waals surface area contributed by atoms with Gasteiger partial charge in [0.1, 0.15) is 0 Å². The van der Waals surface area contributed by atoms with Crippen LogP contribution in [0.5, 0.6) is 11.5 Å². The molecule has 1 saturated heterocycles. The Kier molecular flexibility index (Phi) is 7.15. The largest absolute Gasteiger partial charge is 0.454 e. The third kappa shape index (κ3) is 5.25. The quantitative estimate of drug-likeness (QED) is 0.370. The van der Waals surface area contributed by atoms with Crippen LogP contribution in [-0.4, -0.2) is 55.2 Å². The minimum atomic E-state index is 0.255. The van der Waals surface area contributed by atoms with Crippen LogP contribution in [0.15, 0.2) is 41.8 Å². The average Bonchev–Trinajstić information content (AvgIpc) is 3.49. The molecule has 1 unspecified atom stereocenters. The van der Waals surface area contributed by atoms with E-state index in [0.29, 0.717) is 12.3 Å². The van der Waals surface area contributed by atoms with Gasteiger partial charge in [0.25, 0.3) is 0 Å². The fourth-order valence-electron chi connectivity index (χ4n) is 6.14. The smallest absolute Gasteiger partial charge is 0.231 e. The average molecular weight is 505 g/mol. The first kappa shape index (κ1) is 23.8. The van der Waals surface area contributed by atoms with Crippen LogP contribution < -0.4 is 9.47 Å². The molecule has 1 fully saturated rings. The molecule has 6 heteroatoms. The van der Waals surface area contributed by atoms with Crippen molar-refractivity contribution in [2.45, 2.75) is 51.4 Å². The number of benzene rings is 2. The van der Waals surface area contributed by atoms with E-state index in [9.17, 15) is 4.79 Å². The maximum atomic E-state index is 13.1. The summed E-state index contributed by atoms with van der Waals surface area (Å²) in [6, 6.07) is 12.9. The van der Waals surface area contributed by atoms with Crippen molar-refractivity contribution in [2.75, 3.05) is 39.5 Å². The Labute approximate surface area is 218 Å². The SMILES string of the molecule is O=C1Cc2cc3c(cc2CCN1CC1CCCN(CCCCCc2csc4ccccc24)C1)OCO3. The summed E-state index contributed by atoms with van der Waals surface area (Å²) in [5.74, 6) is 2.44. The zero-order valence-corrected chi connectivity index (χ0v) is 21.9. The third-order valence-corrected chi connectivity index (χ3v) is 9.12. The van der Waals surface area contributed by atoms with Crippen LogP contribution in [0.3, 0.4) is 0 Å². The van der Waals surface area contributed by atoms with E-state index in [2.05, 4.69) is 45.5 Å². The summed E-state index contributed by atoms with van der Waals surface area (Å²) in [5, 5.41) is 3.79. The number of hydrogen-bond acceptors (Lipinski definition) is 5. The van der Waals surface area contributed by atoms with Gasteiger partial charge in [0.15, 0.2) is 11.5 Å². The Morgan fingerprint density at radius 3 is 2.78 bits per heavy atom. The Balaban J connectivity index is 0.953. The van der Waals surface area contributed by atoms with Gasteiger partial charge in [-0.05, 0) is 103 Å². The number of likely N-dealkylation sites (tertiary alicyclic amines) is 1. The monoisotopic (exact) mass is 504 g/mol. The predicted molar refractivity (Wildman–Crippen MR) is 145 cm³/mol. The lowest BCUT2D eigenvalue weighted by Crippen LogP contribution is -2.43. The van der Waals surface area contributed by atoms with Crippen molar-refractivity contribution in [3.63, 3.8) is 0 Å². The van der Waals surface area contributed by atoms with Gasteiger partial charge < -0.3 is 19.3 Å². The maximum Gasteiger partial charge on any atom is 0.231 e. The molecule has 3 aliphatic rings. The van der Waals surface area contributed by atoms with E-state index >= 15 is 0 Å². The van der Waals surface area contributed by atoms with E-state index < -0.39 is 0 Å². The van der Waals surface area contributed by atoms with Crippen molar-refractivity contribution in [2.24, 2.45) is 5.92 Å². The number of hydrogen-bond donors (Lipinski definition) is 0. The number of amides is 1. The van der Waals surface area contributed by atoms with Crippen molar-refractivity contribution in [3.05, 3.63) is 58.5 Å². The molecule has 0 spiro atoms. The van der Waals surface area contributed by atoms with E-state index in [-0.39, 0.29) is 12.7 Å². The highest BCUT2D eigenvalue weighted by molar-refractivity contribution is 7.17. The van der Waals surface area contributed by atoms with Crippen LogP contribution >= 0.6 is 11.3 Å². The lowest BCUT2D eigenvalue weighted by atomic mass is 9.96. The molecular formula is C30H36N2O3S. The Morgan fingerprint density at radius 1 is 1.00 bits per heavy atom. The van der Waals surface area contributed by atoms with Crippen LogP contribution in [0, 0.1) is 5.92 Å². The van der Waals surface area contributed by atoms with Gasteiger partial charge in [0.05, 0.1) is 6.42 Å². The molecule has 1 amide bonds. The lowest BCUT2D eigenvalue weighted by Gasteiger charge is -2.35. The molecule has 3 aromatic rings. The van der Waals surface area contributed by atoms with E-state index in [0.717, 1.165) is 43.1 Å². The summed E-state index contributed by atoms with van der Waals surface area (Å²) < 4.78 is 12.5. The molecule has 0 saturated carbocycles. The first-order chi connectivity index (χ1) is 17.7. The van der Waals surface area contributed by atoms with Gasteiger partial charge in [-0.1, -0.05) is 24.6 Å². The van der Waals surface area contributed by atoms with Crippen molar-refractivity contribution in [3.8, 4) is 11.5 Å². The highest BCUT2D eigenvalue weighted by Gasteiger charge is 2.28. The number of rotatable bonds is 8. The third-order valence-electron chi connectivity index (χ3n) is 8.10. The standard InChI is InChI=1S/C30H36N2O3S/c33-30-17-25-16-28-27(34-21-35-28)15-23(25)11-14-32(30)19-22-7-6-13-31(18-22)12-5-1-2-8-24-20-36-29-10-4-3-9-26(24)29/h3-4,9-10,15-16,20,22H,1-2,5-8,11-14,17-19,21H2.